The summed E-state index contributed by atoms with van der Waals surface area (Å²) in [6.07, 6.45) is -0.584. The van der Waals surface area contributed by atoms with Crippen molar-refractivity contribution < 1.29 is 14.3 Å². The summed E-state index contributed by atoms with van der Waals surface area (Å²) >= 11 is 0. The predicted octanol–water partition coefficient (Wildman–Crippen LogP) is 3.79. The molecule has 3 N–H and O–H groups in total. The van der Waals surface area contributed by atoms with Crippen molar-refractivity contribution in [3.8, 4) is 11.3 Å². The van der Waals surface area contributed by atoms with Gasteiger partial charge in [-0.1, -0.05) is 6.07 Å². The summed E-state index contributed by atoms with van der Waals surface area (Å²) in [5.41, 5.74) is 9.83. The molecule has 170 valence electrons. The lowest BCUT2D eigenvalue weighted by molar-refractivity contribution is -0.120. The van der Waals surface area contributed by atoms with Gasteiger partial charge in [-0.3, -0.25) is 14.1 Å². The standard InChI is InChI=1S/C23H30N6O3/c1-13-14(2)29-17(9-8-10-20(29)25-13)16-11-18(24)26-19(12-16)27-21(30)15(3)28(7)22(31)32-23(4,5)6/h8-12,15H,1-7H3,(H3,24,26,27,30). The number of carbonyl (C=O) groups is 2. The first-order valence-corrected chi connectivity index (χ1v) is 10.4. The number of aryl methyl sites for hydroxylation is 2. The molecular formula is C23H30N6O3. The average Bonchev–Trinajstić information content (AvgIpc) is 2.99. The average molecular weight is 439 g/mol. The number of likely N-dealkylation sites (N-methyl/N-ethyl adjacent to an activating group) is 1. The van der Waals surface area contributed by atoms with Crippen molar-refractivity contribution in [1.82, 2.24) is 19.3 Å². The van der Waals surface area contributed by atoms with Gasteiger partial charge in [0, 0.05) is 18.3 Å². The number of ether oxygens (including phenoxy) is 1. The molecule has 32 heavy (non-hydrogen) atoms. The van der Waals surface area contributed by atoms with Crippen LogP contribution in [0, 0.1) is 13.8 Å². The number of carbonyl (C=O) groups excluding carboxylic acids is 2. The van der Waals surface area contributed by atoms with E-state index in [0.29, 0.717) is 5.82 Å². The lowest BCUT2D eigenvalue weighted by atomic mass is 10.1. The third-order valence-corrected chi connectivity index (χ3v) is 5.14. The van der Waals surface area contributed by atoms with E-state index in [1.54, 1.807) is 39.8 Å². The van der Waals surface area contributed by atoms with Crippen molar-refractivity contribution in [3.63, 3.8) is 0 Å². The van der Waals surface area contributed by atoms with Crippen molar-refractivity contribution in [3.05, 3.63) is 41.7 Å². The maximum Gasteiger partial charge on any atom is 0.410 e. The summed E-state index contributed by atoms with van der Waals surface area (Å²) in [5.74, 6) is 0.147. The van der Waals surface area contributed by atoms with Gasteiger partial charge in [0.05, 0.1) is 11.4 Å². The van der Waals surface area contributed by atoms with Crippen LogP contribution >= 0.6 is 0 Å². The van der Waals surface area contributed by atoms with E-state index in [1.165, 1.54) is 11.9 Å². The maximum atomic E-state index is 12.8. The third-order valence-electron chi connectivity index (χ3n) is 5.14. The number of pyridine rings is 2. The summed E-state index contributed by atoms with van der Waals surface area (Å²) in [4.78, 5) is 35.1. The lowest BCUT2D eigenvalue weighted by Crippen LogP contribution is -2.45. The minimum Gasteiger partial charge on any atom is -0.444 e. The Morgan fingerprint density at radius 2 is 1.88 bits per heavy atom. The monoisotopic (exact) mass is 438 g/mol. The summed E-state index contributed by atoms with van der Waals surface area (Å²) in [5, 5.41) is 2.75. The van der Waals surface area contributed by atoms with Crippen LogP contribution in [0.25, 0.3) is 16.9 Å². The van der Waals surface area contributed by atoms with Gasteiger partial charge in [-0.25, -0.2) is 14.8 Å². The van der Waals surface area contributed by atoms with E-state index in [2.05, 4.69) is 15.3 Å². The highest BCUT2D eigenvalue weighted by Crippen LogP contribution is 2.27. The first-order valence-electron chi connectivity index (χ1n) is 10.4. The van der Waals surface area contributed by atoms with Crippen LogP contribution in [0.5, 0.6) is 0 Å². The highest BCUT2D eigenvalue weighted by molar-refractivity contribution is 5.96. The van der Waals surface area contributed by atoms with Crippen molar-refractivity contribution in [2.45, 2.75) is 53.2 Å². The van der Waals surface area contributed by atoms with Crippen molar-refractivity contribution in [2.24, 2.45) is 0 Å². The summed E-state index contributed by atoms with van der Waals surface area (Å²) < 4.78 is 7.37. The van der Waals surface area contributed by atoms with Crippen LogP contribution in [-0.4, -0.2) is 50.0 Å². The number of imidazole rings is 1. The van der Waals surface area contributed by atoms with Gasteiger partial charge in [0.2, 0.25) is 5.91 Å². The molecule has 1 unspecified atom stereocenters. The largest absolute Gasteiger partial charge is 0.444 e. The summed E-state index contributed by atoms with van der Waals surface area (Å²) in [6.45, 7) is 10.9. The van der Waals surface area contributed by atoms with Crippen molar-refractivity contribution in [1.29, 1.82) is 0 Å². The predicted molar refractivity (Wildman–Crippen MR) is 124 cm³/mol. The molecule has 0 spiro atoms. The van der Waals surface area contributed by atoms with Gasteiger partial charge < -0.3 is 15.8 Å². The number of rotatable bonds is 4. The fraction of sp³-hybridized carbons (Fsp3) is 0.391. The summed E-state index contributed by atoms with van der Waals surface area (Å²) in [7, 11) is 1.52. The number of amides is 2. The molecule has 0 bridgehead atoms. The molecule has 0 saturated carbocycles. The van der Waals surface area contributed by atoms with E-state index >= 15 is 0 Å². The molecule has 3 aromatic rings. The quantitative estimate of drug-likeness (QED) is 0.640. The minimum absolute atomic E-state index is 0.262. The Balaban J connectivity index is 1.87. The Morgan fingerprint density at radius 3 is 2.53 bits per heavy atom. The second-order valence-corrected chi connectivity index (χ2v) is 8.81. The number of hydrogen-bond donors (Lipinski definition) is 2. The number of nitrogens with one attached hydrogen (secondary N) is 1. The molecule has 0 aliphatic heterocycles. The first-order chi connectivity index (χ1) is 14.9. The van der Waals surface area contributed by atoms with E-state index in [0.717, 1.165) is 28.3 Å². The molecule has 0 saturated heterocycles. The fourth-order valence-corrected chi connectivity index (χ4v) is 3.24. The number of aromatic nitrogens is 3. The van der Waals surface area contributed by atoms with Crippen molar-refractivity contribution >= 4 is 29.3 Å². The number of nitrogens with zero attached hydrogens (tertiary/aromatic N) is 4. The van der Waals surface area contributed by atoms with E-state index in [9.17, 15) is 9.59 Å². The number of hydrogen-bond acceptors (Lipinski definition) is 6. The van der Waals surface area contributed by atoms with Crippen LogP contribution in [0.2, 0.25) is 0 Å². The van der Waals surface area contributed by atoms with Crippen LogP contribution in [0.3, 0.4) is 0 Å². The Kier molecular flexibility index (Phi) is 6.11. The normalized spacial score (nSPS) is 12.5. The molecule has 1 atom stereocenters. The second kappa shape index (κ2) is 8.49. The molecule has 0 fully saturated rings. The highest BCUT2D eigenvalue weighted by Gasteiger charge is 2.27. The Morgan fingerprint density at radius 1 is 1.19 bits per heavy atom. The van der Waals surface area contributed by atoms with E-state index < -0.39 is 23.6 Å². The fourth-order valence-electron chi connectivity index (χ4n) is 3.24. The molecule has 0 aliphatic carbocycles. The molecule has 0 aromatic carbocycles. The van der Waals surface area contributed by atoms with Crippen molar-refractivity contribution in [2.75, 3.05) is 18.1 Å². The van der Waals surface area contributed by atoms with Crippen LogP contribution in [0.15, 0.2) is 30.3 Å². The topological polar surface area (TPSA) is 115 Å². The smallest absolute Gasteiger partial charge is 0.410 e. The molecule has 0 aliphatic rings. The molecule has 3 aromatic heterocycles. The van der Waals surface area contributed by atoms with Crippen LogP contribution in [-0.2, 0) is 9.53 Å². The number of nitrogens with two attached hydrogens (primary N) is 1. The van der Waals surface area contributed by atoms with Gasteiger partial charge in [-0.05, 0) is 65.8 Å². The van der Waals surface area contributed by atoms with Gasteiger partial charge in [-0.15, -0.1) is 0 Å². The van der Waals surface area contributed by atoms with Crippen LogP contribution < -0.4 is 11.1 Å². The highest BCUT2D eigenvalue weighted by atomic mass is 16.6. The third kappa shape index (κ3) is 4.82. The molecule has 9 heteroatoms. The van der Waals surface area contributed by atoms with Gasteiger partial charge in [-0.2, -0.15) is 0 Å². The SMILES string of the molecule is Cc1nc2cccc(-c3cc(N)nc(NC(=O)C(C)N(C)C(=O)OC(C)(C)C)c3)n2c1C. The molecule has 2 amide bonds. The Labute approximate surface area is 187 Å². The zero-order valence-corrected chi connectivity index (χ0v) is 19.6. The van der Waals surface area contributed by atoms with Gasteiger partial charge in [0.25, 0.3) is 0 Å². The lowest BCUT2D eigenvalue weighted by Gasteiger charge is -2.28. The van der Waals surface area contributed by atoms with Gasteiger partial charge in [0.1, 0.15) is 28.9 Å². The zero-order valence-electron chi connectivity index (χ0n) is 19.6. The zero-order chi connectivity index (χ0) is 23.8. The Hall–Kier alpha value is -3.62. The number of fused-ring (bicyclic) bond motifs is 1. The number of anilines is 2. The summed E-state index contributed by atoms with van der Waals surface area (Å²) in [6, 6.07) is 8.53. The van der Waals surface area contributed by atoms with E-state index in [1.807, 2.05) is 36.4 Å². The molecule has 9 nitrogen and oxygen atoms in total. The van der Waals surface area contributed by atoms with Crippen LogP contribution in [0.4, 0.5) is 16.4 Å². The second-order valence-electron chi connectivity index (χ2n) is 8.81. The van der Waals surface area contributed by atoms with E-state index in [4.69, 9.17) is 10.5 Å². The maximum absolute atomic E-state index is 12.8. The first kappa shape index (κ1) is 23.1. The van der Waals surface area contributed by atoms with Crippen LogP contribution in [0.1, 0.15) is 39.1 Å². The van der Waals surface area contributed by atoms with Gasteiger partial charge >= 0.3 is 6.09 Å². The molecular weight excluding hydrogens is 408 g/mol. The van der Waals surface area contributed by atoms with E-state index in [-0.39, 0.29) is 5.82 Å². The molecule has 0 radical (unpaired) electrons. The minimum atomic E-state index is -0.779. The molecule has 3 heterocycles. The number of nitrogen functional groups attached to an aromatic ring is 1. The Bertz CT molecular complexity index is 1180. The van der Waals surface area contributed by atoms with Gasteiger partial charge in [0.15, 0.2) is 0 Å². The molecule has 3 rings (SSSR count).